The summed E-state index contributed by atoms with van der Waals surface area (Å²) in [6.45, 7) is 0. The van der Waals surface area contributed by atoms with Crippen LogP contribution >= 0.6 is 0 Å². The number of carbonyl (C=O) groups excluding carboxylic acids is 1. The van der Waals surface area contributed by atoms with Crippen LogP contribution in [0.4, 0.5) is 0 Å². The van der Waals surface area contributed by atoms with E-state index in [0.29, 0.717) is 5.56 Å². The fraction of sp³-hybridized carbons (Fsp3) is 0.0667. The first kappa shape index (κ1) is 14.4. The third-order valence-electron chi connectivity index (χ3n) is 2.28. The minimum Gasteiger partial charge on any atom is -0.465 e. The predicted octanol–water partition coefficient (Wildman–Crippen LogP) is 2.44. The Morgan fingerprint density at radius 2 is 1.37 bits per heavy atom. The number of methoxy groups -OCH3 is 1. The van der Waals surface area contributed by atoms with Crippen molar-refractivity contribution in [3.8, 4) is 0 Å². The largest absolute Gasteiger partial charge is 0.465 e. The van der Waals surface area contributed by atoms with Crippen molar-refractivity contribution < 1.29 is 9.53 Å². The number of rotatable bonds is 2. The van der Waals surface area contributed by atoms with Gasteiger partial charge in [0.05, 0.1) is 12.7 Å². The maximum Gasteiger partial charge on any atom is 0.337 e. The molecule has 0 heterocycles. The van der Waals surface area contributed by atoms with Crippen molar-refractivity contribution in [2.45, 2.75) is 0 Å². The van der Waals surface area contributed by atoms with E-state index in [2.05, 4.69) is 4.74 Å². The lowest BCUT2D eigenvalue weighted by Crippen LogP contribution is -2.10. The number of amidine groups is 1. The topological polar surface area (TPSA) is 76.2 Å². The lowest BCUT2D eigenvalue weighted by molar-refractivity contribution is 0.0600. The van der Waals surface area contributed by atoms with Crippen molar-refractivity contribution in [2.24, 2.45) is 5.73 Å². The summed E-state index contributed by atoms with van der Waals surface area (Å²) in [5.74, 6) is -0.170. The molecule has 0 aliphatic heterocycles. The van der Waals surface area contributed by atoms with Gasteiger partial charge >= 0.3 is 5.97 Å². The predicted molar refractivity (Wildman–Crippen MR) is 75.2 cm³/mol. The summed E-state index contributed by atoms with van der Waals surface area (Å²) in [7, 11) is 1.37. The first-order chi connectivity index (χ1) is 9.15. The number of nitrogens with one attached hydrogen (secondary N) is 1. The third-order valence-corrected chi connectivity index (χ3v) is 2.28. The summed E-state index contributed by atoms with van der Waals surface area (Å²) in [5, 5.41) is 7.01. The van der Waals surface area contributed by atoms with Crippen molar-refractivity contribution in [1.29, 1.82) is 5.41 Å². The lowest BCUT2D eigenvalue weighted by atomic mass is 10.2. The molecular formula is C15H16N2O2. The highest BCUT2D eigenvalue weighted by Crippen LogP contribution is 1.98. The molecule has 19 heavy (non-hydrogen) atoms. The molecule has 0 bridgehead atoms. The maximum atomic E-state index is 10.8. The van der Waals surface area contributed by atoms with Gasteiger partial charge in [0.1, 0.15) is 5.84 Å². The molecule has 4 nitrogen and oxygen atoms in total. The molecule has 0 aliphatic rings. The summed E-state index contributed by atoms with van der Waals surface area (Å²) < 4.78 is 4.50. The zero-order chi connectivity index (χ0) is 14.1. The maximum absolute atomic E-state index is 10.8. The highest BCUT2D eigenvalue weighted by atomic mass is 16.5. The number of nitrogens with two attached hydrogens (primary N) is 1. The molecule has 0 unspecified atom stereocenters. The molecule has 0 saturated heterocycles. The first-order valence-corrected chi connectivity index (χ1v) is 5.68. The Balaban J connectivity index is 0.000000191. The quantitative estimate of drug-likeness (QED) is 0.492. The second-order valence-electron chi connectivity index (χ2n) is 3.64. The van der Waals surface area contributed by atoms with Crippen molar-refractivity contribution in [1.82, 2.24) is 0 Å². The van der Waals surface area contributed by atoms with E-state index < -0.39 is 0 Å². The average molecular weight is 256 g/mol. The van der Waals surface area contributed by atoms with Crippen molar-refractivity contribution in [2.75, 3.05) is 7.11 Å². The Morgan fingerprint density at radius 1 is 0.947 bits per heavy atom. The molecule has 98 valence electrons. The second-order valence-corrected chi connectivity index (χ2v) is 3.64. The summed E-state index contributed by atoms with van der Waals surface area (Å²) in [6.07, 6.45) is 0. The van der Waals surface area contributed by atoms with Gasteiger partial charge in [-0.2, -0.15) is 0 Å². The first-order valence-electron chi connectivity index (χ1n) is 5.68. The van der Waals surface area contributed by atoms with Gasteiger partial charge < -0.3 is 10.5 Å². The van der Waals surface area contributed by atoms with Crippen LogP contribution in [-0.2, 0) is 4.74 Å². The van der Waals surface area contributed by atoms with Crippen LogP contribution < -0.4 is 5.73 Å². The minimum absolute atomic E-state index is 0.121. The highest BCUT2D eigenvalue weighted by Gasteiger charge is 2.00. The average Bonchev–Trinajstić information content (AvgIpc) is 2.49. The van der Waals surface area contributed by atoms with Crippen LogP contribution in [0.3, 0.4) is 0 Å². The molecule has 2 rings (SSSR count). The number of nitrogen functional groups attached to an aromatic ring is 1. The highest BCUT2D eigenvalue weighted by molar-refractivity contribution is 5.94. The van der Waals surface area contributed by atoms with Crippen LogP contribution in [0.2, 0.25) is 0 Å². The molecule has 0 fully saturated rings. The lowest BCUT2D eigenvalue weighted by Gasteiger charge is -1.95. The number of hydrogen-bond acceptors (Lipinski definition) is 3. The zero-order valence-electron chi connectivity index (χ0n) is 10.7. The zero-order valence-corrected chi connectivity index (χ0v) is 10.7. The third kappa shape index (κ3) is 5.04. The van der Waals surface area contributed by atoms with Crippen LogP contribution in [0.5, 0.6) is 0 Å². The molecule has 4 heteroatoms. The van der Waals surface area contributed by atoms with Gasteiger partial charge in [-0.05, 0) is 12.1 Å². The van der Waals surface area contributed by atoms with E-state index in [1.165, 1.54) is 7.11 Å². The number of esters is 1. The van der Waals surface area contributed by atoms with E-state index in [1.807, 2.05) is 36.4 Å². The van der Waals surface area contributed by atoms with E-state index in [4.69, 9.17) is 11.1 Å². The SMILES string of the molecule is COC(=O)c1ccccc1.N=C(N)c1ccccc1. The normalized spacial score (nSPS) is 8.89. The van der Waals surface area contributed by atoms with Crippen molar-refractivity contribution in [3.05, 3.63) is 71.8 Å². The number of hydrogen-bond donors (Lipinski definition) is 2. The van der Waals surface area contributed by atoms with Crippen molar-refractivity contribution >= 4 is 11.8 Å². The van der Waals surface area contributed by atoms with Crippen LogP contribution in [0.15, 0.2) is 60.7 Å². The Kier molecular flexibility index (Phi) is 5.82. The molecule has 0 amide bonds. The number of carbonyl (C=O) groups is 1. The van der Waals surface area contributed by atoms with Gasteiger partial charge in [0, 0.05) is 5.56 Å². The second kappa shape index (κ2) is 7.66. The van der Waals surface area contributed by atoms with Crippen LogP contribution in [-0.4, -0.2) is 18.9 Å². The Labute approximate surface area is 112 Å². The smallest absolute Gasteiger partial charge is 0.337 e. The summed E-state index contributed by atoms with van der Waals surface area (Å²) >= 11 is 0. The molecule has 0 atom stereocenters. The monoisotopic (exact) mass is 256 g/mol. The van der Waals surface area contributed by atoms with Crippen LogP contribution in [0, 0.1) is 5.41 Å². The van der Waals surface area contributed by atoms with Crippen LogP contribution in [0.1, 0.15) is 15.9 Å². The van der Waals surface area contributed by atoms with Gasteiger partial charge in [-0.25, -0.2) is 4.79 Å². The summed E-state index contributed by atoms with van der Waals surface area (Å²) in [4.78, 5) is 10.8. The van der Waals surface area contributed by atoms with Gasteiger partial charge in [-0.1, -0.05) is 48.5 Å². The fourth-order valence-corrected chi connectivity index (χ4v) is 1.31. The molecule has 0 saturated carbocycles. The van der Waals surface area contributed by atoms with E-state index in [9.17, 15) is 4.79 Å². The fourth-order valence-electron chi connectivity index (χ4n) is 1.31. The van der Waals surface area contributed by atoms with Gasteiger partial charge in [0.2, 0.25) is 0 Å². The molecule has 0 radical (unpaired) electrons. The van der Waals surface area contributed by atoms with Gasteiger partial charge in [-0.15, -0.1) is 0 Å². The molecule has 3 N–H and O–H groups in total. The molecular weight excluding hydrogens is 240 g/mol. The summed E-state index contributed by atoms with van der Waals surface area (Å²) in [6, 6.07) is 18.1. The number of ether oxygens (including phenoxy) is 1. The van der Waals surface area contributed by atoms with E-state index in [0.717, 1.165) is 5.56 Å². The van der Waals surface area contributed by atoms with E-state index in [-0.39, 0.29) is 11.8 Å². The molecule has 2 aromatic rings. The molecule has 2 aromatic carbocycles. The Hall–Kier alpha value is -2.62. The molecule has 0 aromatic heterocycles. The number of benzene rings is 2. The minimum atomic E-state index is -0.291. The van der Waals surface area contributed by atoms with Crippen LogP contribution in [0.25, 0.3) is 0 Å². The Morgan fingerprint density at radius 3 is 1.68 bits per heavy atom. The standard InChI is InChI=1S/C8H8O2.C7H8N2/c1-10-8(9)7-5-3-2-4-6-7;8-7(9)6-4-2-1-3-5-6/h2-6H,1H3;1-5H,(H3,8,9). The summed E-state index contributed by atoms with van der Waals surface area (Å²) in [5.41, 5.74) is 6.56. The van der Waals surface area contributed by atoms with E-state index in [1.54, 1.807) is 24.3 Å². The van der Waals surface area contributed by atoms with Gasteiger partial charge in [0.25, 0.3) is 0 Å². The molecule has 0 aliphatic carbocycles. The van der Waals surface area contributed by atoms with Gasteiger partial charge in [-0.3, -0.25) is 5.41 Å². The van der Waals surface area contributed by atoms with Gasteiger partial charge in [0.15, 0.2) is 0 Å². The van der Waals surface area contributed by atoms with Crippen molar-refractivity contribution in [3.63, 3.8) is 0 Å². The molecule has 0 spiro atoms. The Bertz CT molecular complexity index is 524. The van der Waals surface area contributed by atoms with E-state index >= 15 is 0 Å².